The number of nitrogens with one attached hydrogen (secondary N) is 1. The Morgan fingerprint density at radius 2 is 2.29 bits per heavy atom. The molecule has 3 N–H and O–H groups in total. The van der Waals surface area contributed by atoms with Crippen molar-refractivity contribution in [2.45, 2.75) is 33.2 Å². The fourth-order valence-electron chi connectivity index (χ4n) is 1.57. The molecule has 0 bridgehead atoms. The van der Waals surface area contributed by atoms with E-state index in [1.54, 1.807) is 0 Å². The van der Waals surface area contributed by atoms with E-state index in [1.165, 1.54) is 12.8 Å². The Bertz CT molecular complexity index is 325. The van der Waals surface area contributed by atoms with E-state index in [0.29, 0.717) is 0 Å². The maximum atomic E-state index is 5.94. The van der Waals surface area contributed by atoms with Crippen molar-refractivity contribution in [3.63, 3.8) is 0 Å². The van der Waals surface area contributed by atoms with E-state index in [9.17, 15) is 0 Å². The molecule has 1 aliphatic carbocycles. The van der Waals surface area contributed by atoms with Gasteiger partial charge in [0.1, 0.15) is 5.82 Å². The topological polar surface area (TPSA) is 55.9 Å². The highest BCUT2D eigenvalue weighted by atomic mass is 15.3. The van der Waals surface area contributed by atoms with Crippen LogP contribution in [0, 0.1) is 12.8 Å². The summed E-state index contributed by atoms with van der Waals surface area (Å²) in [5.74, 6) is 1.85. The van der Waals surface area contributed by atoms with Crippen LogP contribution in [0.2, 0.25) is 0 Å². The first-order valence-corrected chi connectivity index (χ1v) is 5.29. The quantitative estimate of drug-likeness (QED) is 0.765. The molecule has 0 aliphatic heterocycles. The number of anilines is 2. The zero-order valence-corrected chi connectivity index (χ0v) is 8.88. The molecule has 0 aromatic carbocycles. The fourth-order valence-corrected chi connectivity index (χ4v) is 1.57. The molecule has 1 aromatic heterocycles. The monoisotopic (exact) mass is 194 g/mol. The summed E-state index contributed by atoms with van der Waals surface area (Å²) in [5.41, 5.74) is 7.66. The van der Waals surface area contributed by atoms with Gasteiger partial charge in [-0.15, -0.1) is 0 Å². The summed E-state index contributed by atoms with van der Waals surface area (Å²) in [6.45, 7) is 5.93. The van der Waals surface area contributed by atoms with Crippen molar-refractivity contribution in [3.05, 3.63) is 5.69 Å². The Labute approximate surface area is 84.5 Å². The number of nitrogen functional groups attached to an aromatic ring is 1. The number of rotatable bonds is 4. The number of hydrogen-bond acceptors (Lipinski definition) is 3. The van der Waals surface area contributed by atoms with E-state index in [4.69, 9.17) is 5.73 Å². The van der Waals surface area contributed by atoms with E-state index < -0.39 is 0 Å². The summed E-state index contributed by atoms with van der Waals surface area (Å²) in [7, 11) is 0. The molecule has 4 heteroatoms. The Hall–Kier alpha value is -1.19. The van der Waals surface area contributed by atoms with E-state index in [-0.39, 0.29) is 0 Å². The number of aromatic nitrogens is 2. The van der Waals surface area contributed by atoms with Gasteiger partial charge in [0, 0.05) is 13.1 Å². The average Bonchev–Trinajstić information content (AvgIpc) is 2.95. The summed E-state index contributed by atoms with van der Waals surface area (Å²) in [6, 6.07) is 0. The molecule has 0 saturated heterocycles. The van der Waals surface area contributed by atoms with Crippen LogP contribution >= 0.6 is 0 Å². The van der Waals surface area contributed by atoms with E-state index in [2.05, 4.69) is 17.3 Å². The second-order valence-corrected chi connectivity index (χ2v) is 3.99. The molecule has 0 amide bonds. The molecule has 0 unspecified atom stereocenters. The highest BCUT2D eigenvalue weighted by Gasteiger charge is 2.22. The van der Waals surface area contributed by atoms with Crippen LogP contribution in [0.15, 0.2) is 0 Å². The second-order valence-electron chi connectivity index (χ2n) is 3.99. The third-order valence-electron chi connectivity index (χ3n) is 2.73. The fraction of sp³-hybridized carbons (Fsp3) is 0.700. The van der Waals surface area contributed by atoms with Gasteiger partial charge in [-0.1, -0.05) is 0 Å². The highest BCUT2D eigenvalue weighted by molar-refractivity contribution is 5.64. The summed E-state index contributed by atoms with van der Waals surface area (Å²) in [6.07, 6.45) is 2.71. The van der Waals surface area contributed by atoms with Crippen LogP contribution in [0.4, 0.5) is 11.5 Å². The van der Waals surface area contributed by atoms with Crippen molar-refractivity contribution in [3.8, 4) is 0 Å². The van der Waals surface area contributed by atoms with Crippen LogP contribution in [0.1, 0.15) is 25.5 Å². The third-order valence-corrected chi connectivity index (χ3v) is 2.73. The second kappa shape index (κ2) is 3.52. The molecule has 1 saturated carbocycles. The van der Waals surface area contributed by atoms with Crippen LogP contribution < -0.4 is 11.1 Å². The molecule has 14 heavy (non-hydrogen) atoms. The summed E-state index contributed by atoms with van der Waals surface area (Å²) < 4.78 is 1.94. The van der Waals surface area contributed by atoms with Gasteiger partial charge in [-0.05, 0) is 32.6 Å². The lowest BCUT2D eigenvalue weighted by Gasteiger charge is -2.08. The first kappa shape index (κ1) is 9.37. The molecule has 0 radical (unpaired) electrons. The Morgan fingerprint density at radius 1 is 1.57 bits per heavy atom. The van der Waals surface area contributed by atoms with Gasteiger partial charge in [-0.25, -0.2) is 4.68 Å². The minimum atomic E-state index is 0.799. The lowest BCUT2D eigenvalue weighted by molar-refractivity contribution is 0.655. The van der Waals surface area contributed by atoms with Gasteiger partial charge >= 0.3 is 0 Å². The first-order chi connectivity index (χ1) is 6.72. The van der Waals surface area contributed by atoms with Crippen LogP contribution in [0.3, 0.4) is 0 Å². The summed E-state index contributed by atoms with van der Waals surface area (Å²) in [5, 5.41) is 7.75. The van der Waals surface area contributed by atoms with Crippen molar-refractivity contribution < 1.29 is 0 Å². The molecule has 1 fully saturated rings. The largest absolute Gasteiger partial charge is 0.394 e. The lowest BCUT2D eigenvalue weighted by Crippen LogP contribution is -2.10. The van der Waals surface area contributed by atoms with Crippen molar-refractivity contribution >= 4 is 11.5 Å². The standard InChI is InChI=1S/C10H18N4/c1-3-14-10(9(11)7(2)13-14)12-6-8-4-5-8/h8,12H,3-6,11H2,1-2H3. The molecule has 1 aliphatic rings. The molecule has 1 heterocycles. The molecule has 0 atom stereocenters. The summed E-state index contributed by atoms with van der Waals surface area (Å²) in [4.78, 5) is 0. The summed E-state index contributed by atoms with van der Waals surface area (Å²) >= 11 is 0. The van der Waals surface area contributed by atoms with Crippen molar-refractivity contribution in [1.82, 2.24) is 9.78 Å². The van der Waals surface area contributed by atoms with Gasteiger partial charge in [0.2, 0.25) is 0 Å². The van der Waals surface area contributed by atoms with E-state index in [0.717, 1.165) is 36.2 Å². The predicted molar refractivity (Wildman–Crippen MR) is 58.3 cm³/mol. The zero-order chi connectivity index (χ0) is 10.1. The van der Waals surface area contributed by atoms with Crippen LogP contribution in [0.25, 0.3) is 0 Å². The maximum Gasteiger partial charge on any atom is 0.148 e. The number of nitrogens with two attached hydrogens (primary N) is 1. The van der Waals surface area contributed by atoms with Gasteiger partial charge in [0.15, 0.2) is 0 Å². The van der Waals surface area contributed by atoms with Gasteiger partial charge in [0.25, 0.3) is 0 Å². The Morgan fingerprint density at radius 3 is 2.86 bits per heavy atom. The van der Waals surface area contributed by atoms with Crippen LogP contribution in [-0.4, -0.2) is 16.3 Å². The Kier molecular flexibility index (Phi) is 2.35. The molecule has 4 nitrogen and oxygen atoms in total. The molecule has 78 valence electrons. The number of nitrogens with zero attached hydrogens (tertiary/aromatic N) is 2. The van der Waals surface area contributed by atoms with Gasteiger partial charge in [-0.2, -0.15) is 5.10 Å². The molecular weight excluding hydrogens is 176 g/mol. The van der Waals surface area contributed by atoms with Crippen molar-refractivity contribution in [2.75, 3.05) is 17.6 Å². The normalized spacial score (nSPS) is 15.9. The van der Waals surface area contributed by atoms with Crippen LogP contribution in [-0.2, 0) is 6.54 Å². The molecule has 2 rings (SSSR count). The van der Waals surface area contributed by atoms with Gasteiger partial charge < -0.3 is 11.1 Å². The molecule has 0 spiro atoms. The number of hydrogen-bond donors (Lipinski definition) is 2. The lowest BCUT2D eigenvalue weighted by atomic mass is 10.3. The van der Waals surface area contributed by atoms with Crippen molar-refractivity contribution in [1.29, 1.82) is 0 Å². The SMILES string of the molecule is CCn1nc(C)c(N)c1NCC1CC1. The average molecular weight is 194 g/mol. The molecular formula is C10H18N4. The molecule has 1 aromatic rings. The third kappa shape index (κ3) is 1.69. The van der Waals surface area contributed by atoms with E-state index >= 15 is 0 Å². The maximum absolute atomic E-state index is 5.94. The minimum absolute atomic E-state index is 0.799. The number of aryl methyl sites for hydroxylation is 2. The van der Waals surface area contributed by atoms with Gasteiger partial charge in [-0.3, -0.25) is 0 Å². The minimum Gasteiger partial charge on any atom is -0.394 e. The van der Waals surface area contributed by atoms with Crippen LogP contribution in [0.5, 0.6) is 0 Å². The van der Waals surface area contributed by atoms with Crippen molar-refractivity contribution in [2.24, 2.45) is 5.92 Å². The predicted octanol–water partition coefficient (Wildman–Crippen LogP) is 1.62. The van der Waals surface area contributed by atoms with E-state index in [1.807, 2.05) is 11.6 Å². The first-order valence-electron chi connectivity index (χ1n) is 5.29. The smallest absolute Gasteiger partial charge is 0.148 e. The van der Waals surface area contributed by atoms with Gasteiger partial charge in [0.05, 0.1) is 11.4 Å². The highest BCUT2D eigenvalue weighted by Crippen LogP contribution is 2.30. The zero-order valence-electron chi connectivity index (χ0n) is 8.88. The Balaban J connectivity index is 2.11.